The second-order valence-corrected chi connectivity index (χ2v) is 3.49. The third-order valence-electron chi connectivity index (χ3n) is 1.48. The van der Waals surface area contributed by atoms with Crippen LogP contribution in [-0.2, 0) is 0 Å². The average Bonchev–Trinajstić information content (AvgIpc) is 2.62. The van der Waals surface area contributed by atoms with Crippen molar-refractivity contribution < 1.29 is 0 Å². The summed E-state index contributed by atoms with van der Waals surface area (Å²) in [5.41, 5.74) is 6.32. The maximum Gasteiger partial charge on any atom is 0.138 e. The summed E-state index contributed by atoms with van der Waals surface area (Å²) in [6, 6.07) is 7.61. The van der Waals surface area contributed by atoms with Crippen molar-refractivity contribution in [2.24, 2.45) is 0 Å². The fraction of sp³-hybridized carbons (Fsp3) is 0. The molecule has 0 fully saturated rings. The number of nitrogen functional groups attached to an aromatic ring is 1. The lowest BCUT2D eigenvalue weighted by atomic mass is 10.3. The number of anilines is 1. The standard InChI is InChI=1S/C8H8N4S/c9-7-1-3-8(4-2-7)13-12-6-10-5-11-12/h1-6H,9H2. The van der Waals surface area contributed by atoms with Crippen LogP contribution in [-0.4, -0.2) is 14.2 Å². The lowest BCUT2D eigenvalue weighted by Gasteiger charge is -1.99. The van der Waals surface area contributed by atoms with Crippen LogP contribution >= 0.6 is 11.9 Å². The van der Waals surface area contributed by atoms with Crippen molar-refractivity contribution in [1.82, 2.24) is 14.2 Å². The molecule has 1 heterocycles. The quantitative estimate of drug-likeness (QED) is 0.731. The van der Waals surface area contributed by atoms with Gasteiger partial charge < -0.3 is 5.73 Å². The fourth-order valence-electron chi connectivity index (χ4n) is 0.881. The number of hydrogen-bond donors (Lipinski definition) is 1. The van der Waals surface area contributed by atoms with Gasteiger partial charge in [0.05, 0.1) is 0 Å². The second kappa shape index (κ2) is 3.49. The van der Waals surface area contributed by atoms with Crippen LogP contribution in [0.5, 0.6) is 0 Å². The zero-order valence-electron chi connectivity index (χ0n) is 6.79. The molecular weight excluding hydrogens is 184 g/mol. The molecule has 0 spiro atoms. The zero-order chi connectivity index (χ0) is 9.10. The van der Waals surface area contributed by atoms with E-state index in [1.54, 1.807) is 10.4 Å². The van der Waals surface area contributed by atoms with E-state index in [-0.39, 0.29) is 0 Å². The van der Waals surface area contributed by atoms with Crippen molar-refractivity contribution in [2.75, 3.05) is 5.73 Å². The summed E-state index contributed by atoms with van der Waals surface area (Å²) in [5.74, 6) is 0. The molecule has 66 valence electrons. The molecule has 13 heavy (non-hydrogen) atoms. The van der Waals surface area contributed by atoms with Crippen LogP contribution in [0.4, 0.5) is 5.69 Å². The first-order chi connectivity index (χ1) is 6.34. The van der Waals surface area contributed by atoms with Crippen molar-refractivity contribution in [3.05, 3.63) is 36.9 Å². The van der Waals surface area contributed by atoms with E-state index in [9.17, 15) is 0 Å². The van der Waals surface area contributed by atoms with Gasteiger partial charge in [0.15, 0.2) is 0 Å². The van der Waals surface area contributed by atoms with E-state index in [1.807, 2.05) is 24.3 Å². The summed E-state index contributed by atoms with van der Waals surface area (Å²) in [5, 5.41) is 3.97. The Morgan fingerprint density at radius 1 is 1.23 bits per heavy atom. The molecule has 0 saturated heterocycles. The molecule has 0 aliphatic carbocycles. The Hall–Kier alpha value is -1.49. The van der Waals surface area contributed by atoms with Crippen LogP contribution in [0, 0.1) is 0 Å². The van der Waals surface area contributed by atoms with Gasteiger partial charge in [-0.1, -0.05) is 0 Å². The largest absolute Gasteiger partial charge is 0.399 e. The number of hydrogen-bond acceptors (Lipinski definition) is 4. The van der Waals surface area contributed by atoms with Crippen LogP contribution in [0.1, 0.15) is 0 Å². The van der Waals surface area contributed by atoms with Gasteiger partial charge in [0.2, 0.25) is 0 Å². The van der Waals surface area contributed by atoms with Crippen LogP contribution in [0.2, 0.25) is 0 Å². The summed E-state index contributed by atoms with van der Waals surface area (Å²) in [6.45, 7) is 0. The molecule has 2 N–H and O–H groups in total. The molecule has 0 unspecified atom stereocenters. The molecule has 0 aliphatic rings. The van der Waals surface area contributed by atoms with E-state index in [1.165, 1.54) is 18.3 Å². The minimum atomic E-state index is 0.767. The van der Waals surface area contributed by atoms with Crippen LogP contribution in [0.3, 0.4) is 0 Å². The molecule has 0 aliphatic heterocycles. The monoisotopic (exact) mass is 192 g/mol. The van der Waals surface area contributed by atoms with Gasteiger partial charge in [-0.15, -0.1) is 5.10 Å². The predicted octanol–water partition coefficient (Wildman–Crippen LogP) is 1.42. The van der Waals surface area contributed by atoms with Crippen molar-refractivity contribution >= 4 is 17.6 Å². The van der Waals surface area contributed by atoms with Crippen LogP contribution in [0.25, 0.3) is 0 Å². The minimum Gasteiger partial charge on any atom is -0.399 e. The van der Waals surface area contributed by atoms with Crippen molar-refractivity contribution in [3.8, 4) is 0 Å². The van der Waals surface area contributed by atoms with Gasteiger partial charge in [-0.3, -0.25) is 0 Å². The van der Waals surface area contributed by atoms with E-state index in [0.717, 1.165) is 10.6 Å². The number of nitrogens with two attached hydrogens (primary N) is 1. The molecule has 4 nitrogen and oxygen atoms in total. The van der Waals surface area contributed by atoms with Crippen LogP contribution in [0.15, 0.2) is 41.8 Å². The van der Waals surface area contributed by atoms with Gasteiger partial charge in [-0.05, 0) is 24.3 Å². The third-order valence-corrected chi connectivity index (χ3v) is 2.34. The van der Waals surface area contributed by atoms with E-state index >= 15 is 0 Å². The van der Waals surface area contributed by atoms with Gasteiger partial charge in [0.1, 0.15) is 12.7 Å². The molecule has 0 bridgehead atoms. The molecule has 2 rings (SSSR count). The lowest BCUT2D eigenvalue weighted by molar-refractivity contribution is 1.01. The fourth-order valence-corrected chi connectivity index (χ4v) is 1.55. The average molecular weight is 192 g/mol. The van der Waals surface area contributed by atoms with Gasteiger partial charge in [0, 0.05) is 22.5 Å². The Kier molecular flexibility index (Phi) is 2.18. The Morgan fingerprint density at radius 2 is 2.00 bits per heavy atom. The molecule has 0 saturated carbocycles. The third kappa shape index (κ3) is 2.00. The first kappa shape index (κ1) is 8.12. The highest BCUT2D eigenvalue weighted by atomic mass is 32.2. The van der Waals surface area contributed by atoms with E-state index in [4.69, 9.17) is 5.73 Å². The van der Waals surface area contributed by atoms with Crippen molar-refractivity contribution in [3.63, 3.8) is 0 Å². The summed E-state index contributed by atoms with van der Waals surface area (Å²) in [6.07, 6.45) is 3.16. The van der Waals surface area contributed by atoms with Crippen LogP contribution < -0.4 is 5.73 Å². The van der Waals surface area contributed by atoms with Crippen molar-refractivity contribution in [1.29, 1.82) is 0 Å². The normalized spacial score (nSPS) is 10.2. The number of aromatic nitrogens is 3. The Morgan fingerprint density at radius 3 is 2.62 bits per heavy atom. The number of rotatable bonds is 2. The zero-order valence-corrected chi connectivity index (χ0v) is 7.61. The highest BCUT2D eigenvalue weighted by molar-refractivity contribution is 7.97. The van der Waals surface area contributed by atoms with Gasteiger partial charge in [-0.2, -0.15) is 4.09 Å². The Bertz CT molecular complexity index is 368. The van der Waals surface area contributed by atoms with E-state index < -0.39 is 0 Å². The van der Waals surface area contributed by atoms with Gasteiger partial charge in [-0.25, -0.2) is 4.98 Å². The van der Waals surface area contributed by atoms with Gasteiger partial charge >= 0.3 is 0 Å². The maximum absolute atomic E-state index is 5.56. The number of nitrogens with zero attached hydrogens (tertiary/aromatic N) is 3. The first-order valence-electron chi connectivity index (χ1n) is 3.73. The molecule has 0 radical (unpaired) electrons. The SMILES string of the molecule is Nc1ccc(Sn2cncn2)cc1. The summed E-state index contributed by atoms with van der Waals surface area (Å²) in [4.78, 5) is 4.93. The van der Waals surface area contributed by atoms with Gasteiger partial charge in [0.25, 0.3) is 0 Å². The smallest absolute Gasteiger partial charge is 0.138 e. The molecule has 1 aromatic heterocycles. The highest BCUT2D eigenvalue weighted by Crippen LogP contribution is 2.19. The Balaban J connectivity index is 2.15. The number of benzene rings is 1. The lowest BCUT2D eigenvalue weighted by Crippen LogP contribution is -1.87. The molecule has 1 aromatic carbocycles. The Labute approximate surface area is 79.9 Å². The minimum absolute atomic E-state index is 0.767. The predicted molar refractivity (Wildman–Crippen MR) is 52.1 cm³/mol. The maximum atomic E-state index is 5.56. The first-order valence-corrected chi connectivity index (χ1v) is 4.50. The van der Waals surface area contributed by atoms with Crippen molar-refractivity contribution in [2.45, 2.75) is 4.90 Å². The molecule has 0 amide bonds. The second-order valence-electron chi connectivity index (χ2n) is 2.46. The van der Waals surface area contributed by atoms with E-state index in [2.05, 4.69) is 10.1 Å². The molecular formula is C8H8N4S. The summed E-state index contributed by atoms with van der Waals surface area (Å²) >= 11 is 1.49. The summed E-state index contributed by atoms with van der Waals surface area (Å²) in [7, 11) is 0. The van der Waals surface area contributed by atoms with E-state index in [0.29, 0.717) is 0 Å². The molecule has 0 atom stereocenters. The topological polar surface area (TPSA) is 56.7 Å². The molecule has 2 aromatic rings. The highest BCUT2D eigenvalue weighted by Gasteiger charge is 1.95. The summed E-state index contributed by atoms with van der Waals surface area (Å²) < 4.78 is 1.69. The molecule has 5 heteroatoms.